The van der Waals surface area contributed by atoms with Gasteiger partial charge in [0.1, 0.15) is 5.82 Å². The van der Waals surface area contributed by atoms with E-state index >= 15 is 0 Å². The number of carbonyl (C=O) groups excluding carboxylic acids is 1. The van der Waals surface area contributed by atoms with Gasteiger partial charge in [-0.1, -0.05) is 0 Å². The molecule has 0 aliphatic carbocycles. The molecule has 0 bridgehead atoms. The Morgan fingerprint density at radius 3 is 2.48 bits per heavy atom. The lowest BCUT2D eigenvalue weighted by Crippen LogP contribution is -2.52. The molecule has 2 fully saturated rings. The summed E-state index contributed by atoms with van der Waals surface area (Å²) in [6.07, 6.45) is 2.09. The van der Waals surface area contributed by atoms with Crippen molar-refractivity contribution in [3.63, 3.8) is 0 Å². The Bertz CT molecular complexity index is 477. The fraction of sp³-hybridized carbons (Fsp3) is 0.562. The predicted octanol–water partition coefficient (Wildman–Crippen LogP) is 1.47. The quantitative estimate of drug-likeness (QED) is 0.896. The Hall–Kier alpha value is -1.62. The first-order chi connectivity index (χ1) is 10.2. The van der Waals surface area contributed by atoms with Gasteiger partial charge in [-0.15, -0.1) is 0 Å². The van der Waals surface area contributed by atoms with E-state index in [9.17, 15) is 9.18 Å². The van der Waals surface area contributed by atoms with Crippen molar-refractivity contribution in [3.05, 3.63) is 30.1 Å². The van der Waals surface area contributed by atoms with Crippen LogP contribution in [0.4, 0.5) is 10.1 Å². The molecule has 5 heteroatoms. The second-order valence-electron chi connectivity index (χ2n) is 5.83. The Morgan fingerprint density at radius 2 is 1.86 bits per heavy atom. The number of amides is 1. The van der Waals surface area contributed by atoms with Gasteiger partial charge in [0.2, 0.25) is 5.91 Å². The van der Waals surface area contributed by atoms with Crippen LogP contribution in [0.25, 0.3) is 0 Å². The standard InChI is InChI=1S/C16H22FN3O/c17-14-3-5-15(6-4-14)19-8-10-20(11-9-19)16(21)13-2-1-7-18-12-13/h3-6,13,18H,1-2,7-12H2/t13-/m0/s1. The summed E-state index contributed by atoms with van der Waals surface area (Å²) in [5.41, 5.74) is 1.03. The lowest BCUT2D eigenvalue weighted by molar-refractivity contribution is -0.136. The minimum absolute atomic E-state index is 0.149. The molecular weight excluding hydrogens is 269 g/mol. The number of nitrogens with one attached hydrogen (secondary N) is 1. The third kappa shape index (κ3) is 3.35. The topological polar surface area (TPSA) is 35.6 Å². The number of benzene rings is 1. The number of nitrogens with zero attached hydrogens (tertiary/aromatic N) is 2. The molecule has 0 saturated carbocycles. The number of piperazine rings is 1. The Kier molecular flexibility index (Phi) is 4.39. The number of carbonyl (C=O) groups is 1. The van der Waals surface area contributed by atoms with Crippen LogP contribution in [0.1, 0.15) is 12.8 Å². The summed E-state index contributed by atoms with van der Waals surface area (Å²) in [6.45, 7) is 4.99. The van der Waals surface area contributed by atoms with E-state index in [0.717, 1.165) is 57.8 Å². The van der Waals surface area contributed by atoms with E-state index in [4.69, 9.17) is 0 Å². The largest absolute Gasteiger partial charge is 0.368 e. The van der Waals surface area contributed by atoms with Gasteiger partial charge in [-0.2, -0.15) is 0 Å². The summed E-state index contributed by atoms with van der Waals surface area (Å²) in [5.74, 6) is 0.231. The lowest BCUT2D eigenvalue weighted by Gasteiger charge is -2.38. The minimum atomic E-state index is -0.211. The normalized spacial score (nSPS) is 23.2. The van der Waals surface area contributed by atoms with Gasteiger partial charge >= 0.3 is 0 Å². The Balaban J connectivity index is 1.54. The van der Waals surface area contributed by atoms with Gasteiger partial charge in [0.25, 0.3) is 0 Å². The van der Waals surface area contributed by atoms with Crippen molar-refractivity contribution in [2.24, 2.45) is 5.92 Å². The maximum atomic E-state index is 13.0. The zero-order valence-electron chi connectivity index (χ0n) is 12.2. The summed E-state index contributed by atoms with van der Waals surface area (Å²) < 4.78 is 13.0. The molecule has 0 radical (unpaired) electrons. The predicted molar refractivity (Wildman–Crippen MR) is 80.8 cm³/mol. The first-order valence-electron chi connectivity index (χ1n) is 7.74. The van der Waals surface area contributed by atoms with Crippen molar-refractivity contribution in [1.82, 2.24) is 10.2 Å². The van der Waals surface area contributed by atoms with E-state index in [1.165, 1.54) is 12.1 Å². The highest BCUT2D eigenvalue weighted by Gasteiger charge is 2.28. The second kappa shape index (κ2) is 6.43. The second-order valence-corrected chi connectivity index (χ2v) is 5.83. The Labute approximate surface area is 124 Å². The highest BCUT2D eigenvalue weighted by molar-refractivity contribution is 5.79. The van der Waals surface area contributed by atoms with Crippen LogP contribution < -0.4 is 10.2 Å². The zero-order chi connectivity index (χ0) is 14.7. The minimum Gasteiger partial charge on any atom is -0.368 e. The molecular formula is C16H22FN3O. The monoisotopic (exact) mass is 291 g/mol. The van der Waals surface area contributed by atoms with E-state index in [2.05, 4.69) is 10.2 Å². The number of rotatable bonds is 2. The van der Waals surface area contributed by atoms with Crippen LogP contribution in [-0.2, 0) is 4.79 Å². The van der Waals surface area contributed by atoms with E-state index in [-0.39, 0.29) is 11.7 Å². The highest BCUT2D eigenvalue weighted by atomic mass is 19.1. The van der Waals surface area contributed by atoms with Crippen LogP contribution in [0, 0.1) is 11.7 Å². The molecule has 0 spiro atoms. The molecule has 3 rings (SSSR count). The van der Waals surface area contributed by atoms with Crippen LogP contribution >= 0.6 is 0 Å². The number of piperidine rings is 1. The van der Waals surface area contributed by atoms with Crippen LogP contribution in [0.3, 0.4) is 0 Å². The molecule has 2 heterocycles. The fourth-order valence-electron chi connectivity index (χ4n) is 3.16. The van der Waals surface area contributed by atoms with Gasteiger partial charge in [-0.25, -0.2) is 4.39 Å². The van der Waals surface area contributed by atoms with Crippen LogP contribution in [-0.4, -0.2) is 50.1 Å². The van der Waals surface area contributed by atoms with Gasteiger partial charge in [-0.3, -0.25) is 4.79 Å². The molecule has 114 valence electrons. The highest BCUT2D eigenvalue weighted by Crippen LogP contribution is 2.19. The third-order valence-electron chi connectivity index (χ3n) is 4.43. The molecule has 0 aromatic heterocycles. The van der Waals surface area contributed by atoms with Gasteiger partial charge in [0.15, 0.2) is 0 Å². The molecule has 1 N–H and O–H groups in total. The molecule has 4 nitrogen and oxygen atoms in total. The molecule has 1 aromatic rings. The molecule has 1 atom stereocenters. The maximum Gasteiger partial charge on any atom is 0.227 e. The lowest BCUT2D eigenvalue weighted by atomic mass is 9.98. The molecule has 21 heavy (non-hydrogen) atoms. The summed E-state index contributed by atoms with van der Waals surface area (Å²) in [4.78, 5) is 16.7. The van der Waals surface area contributed by atoms with Gasteiger partial charge in [-0.05, 0) is 43.7 Å². The average molecular weight is 291 g/mol. The van der Waals surface area contributed by atoms with Crippen molar-refractivity contribution in [2.75, 3.05) is 44.2 Å². The van der Waals surface area contributed by atoms with Crippen molar-refractivity contribution in [2.45, 2.75) is 12.8 Å². The molecule has 2 saturated heterocycles. The SMILES string of the molecule is O=C([C@H]1CCCNC1)N1CCN(c2ccc(F)cc2)CC1. The number of hydrogen-bond donors (Lipinski definition) is 1. The summed E-state index contributed by atoms with van der Waals surface area (Å²) in [6, 6.07) is 6.58. The van der Waals surface area contributed by atoms with E-state index in [1.807, 2.05) is 4.90 Å². The molecule has 2 aliphatic rings. The fourth-order valence-corrected chi connectivity index (χ4v) is 3.16. The van der Waals surface area contributed by atoms with Crippen LogP contribution in [0.2, 0.25) is 0 Å². The van der Waals surface area contributed by atoms with Crippen molar-refractivity contribution in [3.8, 4) is 0 Å². The first kappa shape index (κ1) is 14.3. The van der Waals surface area contributed by atoms with Gasteiger partial charge in [0.05, 0.1) is 5.92 Å². The Morgan fingerprint density at radius 1 is 1.14 bits per heavy atom. The van der Waals surface area contributed by atoms with E-state index in [1.54, 1.807) is 12.1 Å². The van der Waals surface area contributed by atoms with E-state index < -0.39 is 0 Å². The van der Waals surface area contributed by atoms with Crippen LogP contribution in [0.5, 0.6) is 0 Å². The van der Waals surface area contributed by atoms with Gasteiger partial charge < -0.3 is 15.1 Å². The van der Waals surface area contributed by atoms with Gasteiger partial charge in [0, 0.05) is 38.4 Å². The van der Waals surface area contributed by atoms with E-state index in [0.29, 0.717) is 5.91 Å². The maximum absolute atomic E-state index is 13.0. The molecule has 0 unspecified atom stereocenters. The smallest absolute Gasteiger partial charge is 0.227 e. The average Bonchev–Trinajstić information content (AvgIpc) is 2.56. The number of hydrogen-bond acceptors (Lipinski definition) is 3. The van der Waals surface area contributed by atoms with Crippen molar-refractivity contribution in [1.29, 1.82) is 0 Å². The number of anilines is 1. The molecule has 1 amide bonds. The van der Waals surface area contributed by atoms with Crippen LogP contribution in [0.15, 0.2) is 24.3 Å². The first-order valence-corrected chi connectivity index (χ1v) is 7.74. The van der Waals surface area contributed by atoms with Crippen molar-refractivity contribution < 1.29 is 9.18 Å². The molecule has 1 aromatic carbocycles. The van der Waals surface area contributed by atoms with Crippen molar-refractivity contribution >= 4 is 11.6 Å². The zero-order valence-corrected chi connectivity index (χ0v) is 12.2. The summed E-state index contributed by atoms with van der Waals surface area (Å²) >= 11 is 0. The summed E-state index contributed by atoms with van der Waals surface area (Å²) in [7, 11) is 0. The molecule has 2 aliphatic heterocycles. The third-order valence-corrected chi connectivity index (χ3v) is 4.43. The number of halogens is 1. The summed E-state index contributed by atoms with van der Waals surface area (Å²) in [5, 5.41) is 3.30.